The Bertz CT molecular complexity index is 344. The predicted molar refractivity (Wildman–Crippen MR) is 77.6 cm³/mol. The molecule has 0 aliphatic carbocycles. The molecule has 1 N–H and O–H groups in total. The highest BCUT2D eigenvalue weighted by Gasteiger charge is 2.08. The van der Waals surface area contributed by atoms with Crippen LogP contribution in [0.25, 0.3) is 0 Å². The molecule has 96 valence electrons. The third kappa shape index (κ3) is 4.62. The summed E-state index contributed by atoms with van der Waals surface area (Å²) >= 11 is 1.91. The van der Waals surface area contributed by atoms with Gasteiger partial charge in [0, 0.05) is 29.4 Å². The smallest absolute Gasteiger partial charge is 0.0299 e. The Kier molecular flexibility index (Phi) is 6.48. The van der Waals surface area contributed by atoms with Crippen molar-refractivity contribution in [3.05, 3.63) is 34.0 Å². The number of hydrogen-bond donors (Lipinski definition) is 1. The van der Waals surface area contributed by atoms with Gasteiger partial charge in [-0.15, -0.1) is 17.9 Å². The molecule has 0 radical (unpaired) electrons. The molecular weight excluding hydrogens is 228 g/mol. The lowest BCUT2D eigenvalue weighted by atomic mass is 10.2. The highest BCUT2D eigenvalue weighted by molar-refractivity contribution is 7.12. The number of rotatable bonds is 8. The summed E-state index contributed by atoms with van der Waals surface area (Å²) in [7, 11) is 0. The van der Waals surface area contributed by atoms with Gasteiger partial charge in [-0.3, -0.25) is 4.90 Å². The normalized spacial score (nSPS) is 11.1. The Labute approximate surface area is 109 Å². The molecule has 0 aromatic carbocycles. The number of aryl methyl sites for hydroxylation is 1. The van der Waals surface area contributed by atoms with Crippen molar-refractivity contribution >= 4 is 11.3 Å². The van der Waals surface area contributed by atoms with E-state index < -0.39 is 0 Å². The summed E-state index contributed by atoms with van der Waals surface area (Å²) in [4.78, 5) is 5.29. The fraction of sp³-hybridized carbons (Fsp3) is 0.571. The van der Waals surface area contributed by atoms with Crippen LogP contribution in [0.3, 0.4) is 0 Å². The van der Waals surface area contributed by atoms with E-state index in [-0.39, 0.29) is 0 Å². The standard InChI is InChI=1S/C14H24N2S/c1-5-8-16(7-3)11-13-9-14(10-15-6-2)17-12(13)4/h5,9,15H,1,6-8,10-11H2,2-4H3. The second-order valence-corrected chi connectivity index (χ2v) is 5.53. The molecule has 0 bridgehead atoms. The van der Waals surface area contributed by atoms with Crippen molar-refractivity contribution in [1.82, 2.24) is 10.2 Å². The second kappa shape index (κ2) is 7.64. The summed E-state index contributed by atoms with van der Waals surface area (Å²) in [6.07, 6.45) is 1.98. The molecule has 0 atom stereocenters. The van der Waals surface area contributed by atoms with Gasteiger partial charge in [-0.05, 0) is 31.6 Å². The highest BCUT2D eigenvalue weighted by Crippen LogP contribution is 2.22. The van der Waals surface area contributed by atoms with Crippen molar-refractivity contribution < 1.29 is 0 Å². The first kappa shape index (κ1) is 14.4. The minimum absolute atomic E-state index is 0.967. The van der Waals surface area contributed by atoms with Gasteiger partial charge in [0.05, 0.1) is 0 Å². The van der Waals surface area contributed by atoms with Gasteiger partial charge in [0.2, 0.25) is 0 Å². The van der Waals surface area contributed by atoms with Crippen molar-refractivity contribution in [2.24, 2.45) is 0 Å². The van der Waals surface area contributed by atoms with Gasteiger partial charge >= 0.3 is 0 Å². The van der Waals surface area contributed by atoms with Gasteiger partial charge in [-0.25, -0.2) is 0 Å². The molecule has 0 saturated heterocycles. The van der Waals surface area contributed by atoms with Gasteiger partial charge in [0.1, 0.15) is 0 Å². The SMILES string of the molecule is C=CCN(CC)Cc1cc(CNCC)sc1C. The lowest BCUT2D eigenvalue weighted by Gasteiger charge is -2.17. The van der Waals surface area contributed by atoms with Crippen LogP contribution in [-0.2, 0) is 13.1 Å². The predicted octanol–water partition coefficient (Wildman–Crippen LogP) is 3.17. The monoisotopic (exact) mass is 252 g/mol. The quantitative estimate of drug-likeness (QED) is 0.715. The molecule has 1 heterocycles. The first-order valence-electron chi connectivity index (χ1n) is 6.33. The minimum atomic E-state index is 0.967. The summed E-state index contributed by atoms with van der Waals surface area (Å²) < 4.78 is 0. The minimum Gasteiger partial charge on any atom is -0.312 e. The van der Waals surface area contributed by atoms with E-state index in [2.05, 4.69) is 43.6 Å². The summed E-state index contributed by atoms with van der Waals surface area (Å²) in [5.74, 6) is 0. The molecule has 0 amide bonds. The van der Waals surface area contributed by atoms with Crippen molar-refractivity contribution in [2.45, 2.75) is 33.9 Å². The van der Waals surface area contributed by atoms with E-state index in [4.69, 9.17) is 0 Å². The van der Waals surface area contributed by atoms with Crippen LogP contribution < -0.4 is 5.32 Å². The molecule has 1 aromatic heterocycles. The van der Waals surface area contributed by atoms with Crippen molar-refractivity contribution in [3.8, 4) is 0 Å². The number of hydrogen-bond acceptors (Lipinski definition) is 3. The van der Waals surface area contributed by atoms with E-state index in [9.17, 15) is 0 Å². The van der Waals surface area contributed by atoms with Crippen LogP contribution in [0, 0.1) is 6.92 Å². The zero-order valence-corrected chi connectivity index (χ0v) is 12.1. The molecular formula is C14H24N2S. The molecule has 0 aliphatic rings. The van der Waals surface area contributed by atoms with Crippen LogP contribution in [0.4, 0.5) is 0 Å². The van der Waals surface area contributed by atoms with Crippen molar-refractivity contribution in [2.75, 3.05) is 19.6 Å². The van der Waals surface area contributed by atoms with E-state index >= 15 is 0 Å². The summed E-state index contributed by atoms with van der Waals surface area (Å²) in [5, 5.41) is 3.38. The molecule has 0 aliphatic heterocycles. The number of nitrogens with zero attached hydrogens (tertiary/aromatic N) is 1. The van der Waals surface area contributed by atoms with Crippen LogP contribution >= 0.6 is 11.3 Å². The van der Waals surface area contributed by atoms with E-state index in [0.717, 1.165) is 32.7 Å². The third-order valence-corrected chi connectivity index (χ3v) is 3.94. The summed E-state index contributed by atoms with van der Waals surface area (Å²) in [6.45, 7) is 15.5. The largest absolute Gasteiger partial charge is 0.312 e. The molecule has 0 saturated carbocycles. The Balaban J connectivity index is 2.63. The van der Waals surface area contributed by atoms with Crippen molar-refractivity contribution in [1.29, 1.82) is 0 Å². The summed E-state index contributed by atoms with van der Waals surface area (Å²) in [6, 6.07) is 2.34. The van der Waals surface area contributed by atoms with Crippen LogP contribution in [0.15, 0.2) is 18.7 Å². The second-order valence-electron chi connectivity index (χ2n) is 4.19. The molecule has 0 unspecified atom stereocenters. The van der Waals surface area contributed by atoms with Crippen LogP contribution in [0.5, 0.6) is 0 Å². The first-order chi connectivity index (χ1) is 8.21. The van der Waals surface area contributed by atoms with E-state index in [1.165, 1.54) is 15.3 Å². The highest BCUT2D eigenvalue weighted by atomic mass is 32.1. The fourth-order valence-electron chi connectivity index (χ4n) is 1.81. The number of likely N-dealkylation sites (N-methyl/N-ethyl adjacent to an activating group) is 1. The third-order valence-electron chi connectivity index (χ3n) is 2.85. The maximum Gasteiger partial charge on any atom is 0.0299 e. The molecule has 0 fully saturated rings. The van der Waals surface area contributed by atoms with E-state index in [0.29, 0.717) is 0 Å². The molecule has 2 nitrogen and oxygen atoms in total. The molecule has 17 heavy (non-hydrogen) atoms. The maximum absolute atomic E-state index is 3.81. The number of thiophene rings is 1. The zero-order valence-electron chi connectivity index (χ0n) is 11.3. The zero-order chi connectivity index (χ0) is 12.7. The van der Waals surface area contributed by atoms with Gasteiger partial charge in [0.15, 0.2) is 0 Å². The number of nitrogens with one attached hydrogen (secondary N) is 1. The lowest BCUT2D eigenvalue weighted by molar-refractivity contribution is 0.311. The Morgan fingerprint density at radius 1 is 1.47 bits per heavy atom. The Morgan fingerprint density at radius 3 is 2.82 bits per heavy atom. The van der Waals surface area contributed by atoms with Crippen molar-refractivity contribution in [3.63, 3.8) is 0 Å². The van der Waals surface area contributed by atoms with E-state index in [1.54, 1.807) is 0 Å². The average Bonchev–Trinajstić information content (AvgIpc) is 2.67. The lowest BCUT2D eigenvalue weighted by Crippen LogP contribution is -2.22. The summed E-state index contributed by atoms with van der Waals surface area (Å²) in [5.41, 5.74) is 1.46. The molecule has 3 heteroatoms. The molecule has 1 rings (SSSR count). The van der Waals surface area contributed by atoms with Gasteiger partial charge in [-0.1, -0.05) is 19.9 Å². The average molecular weight is 252 g/mol. The molecule has 1 aromatic rings. The maximum atomic E-state index is 3.81. The molecule has 0 spiro atoms. The topological polar surface area (TPSA) is 15.3 Å². The van der Waals surface area contributed by atoms with Crippen LogP contribution in [-0.4, -0.2) is 24.5 Å². The van der Waals surface area contributed by atoms with E-state index in [1.807, 2.05) is 17.4 Å². The Morgan fingerprint density at radius 2 is 2.24 bits per heavy atom. The van der Waals surface area contributed by atoms with Crippen LogP contribution in [0.2, 0.25) is 0 Å². The Hall–Kier alpha value is -0.640. The van der Waals surface area contributed by atoms with Gasteiger partial charge in [-0.2, -0.15) is 0 Å². The van der Waals surface area contributed by atoms with Gasteiger partial charge in [0.25, 0.3) is 0 Å². The van der Waals surface area contributed by atoms with Crippen LogP contribution in [0.1, 0.15) is 29.2 Å². The van der Waals surface area contributed by atoms with Gasteiger partial charge < -0.3 is 5.32 Å². The first-order valence-corrected chi connectivity index (χ1v) is 7.15. The fourth-order valence-corrected chi connectivity index (χ4v) is 2.83.